The van der Waals surface area contributed by atoms with Crippen LogP contribution >= 0.6 is 0 Å². The van der Waals surface area contributed by atoms with Crippen molar-refractivity contribution >= 4 is 17.3 Å². The molecule has 2 aliphatic rings. The van der Waals surface area contributed by atoms with Crippen molar-refractivity contribution in [3.05, 3.63) is 42.1 Å². The number of rotatable bonds is 4. The molecule has 11 heteroatoms. The lowest BCUT2D eigenvalue weighted by Gasteiger charge is -2.33. The minimum absolute atomic E-state index is 0.0667. The van der Waals surface area contributed by atoms with Gasteiger partial charge in [0.25, 0.3) is 0 Å². The lowest BCUT2D eigenvalue weighted by Crippen LogP contribution is -2.36. The first kappa shape index (κ1) is 20.9. The molecule has 2 saturated heterocycles. The fourth-order valence-electron chi connectivity index (χ4n) is 4.74. The zero-order valence-corrected chi connectivity index (χ0v) is 17.4. The Morgan fingerprint density at radius 1 is 1.03 bits per heavy atom. The molecule has 5 heterocycles. The largest absolute Gasteiger partial charge is 0.417 e. The molecule has 2 fully saturated rings. The molecular formula is C21H24F3N7O. The molecule has 170 valence electrons. The molecule has 2 atom stereocenters. The zero-order valence-electron chi connectivity index (χ0n) is 17.4. The number of anilines is 2. The molecule has 1 N–H and O–H groups in total. The van der Waals surface area contributed by atoms with Crippen LogP contribution < -0.4 is 9.80 Å². The highest BCUT2D eigenvalue weighted by atomic mass is 19.4. The van der Waals surface area contributed by atoms with Crippen molar-refractivity contribution in [2.45, 2.75) is 43.8 Å². The van der Waals surface area contributed by atoms with Crippen LogP contribution in [0.4, 0.5) is 24.8 Å². The van der Waals surface area contributed by atoms with Crippen molar-refractivity contribution in [1.82, 2.24) is 24.6 Å². The molecule has 3 aromatic rings. The number of alkyl halides is 3. The maximum atomic E-state index is 13.2. The second-order valence-electron chi connectivity index (χ2n) is 8.39. The van der Waals surface area contributed by atoms with Crippen molar-refractivity contribution in [2.75, 3.05) is 36.0 Å². The van der Waals surface area contributed by atoms with Gasteiger partial charge in [0.2, 0.25) is 0 Å². The highest BCUT2D eigenvalue weighted by Crippen LogP contribution is 2.33. The summed E-state index contributed by atoms with van der Waals surface area (Å²) >= 11 is 0. The molecule has 0 aliphatic carbocycles. The SMILES string of the molecule is OCC1CCCN1c1cc(N2CCCC(c3nnc4ccc(C(F)(F)F)cn34)C2)ncn1. The van der Waals surface area contributed by atoms with Gasteiger partial charge >= 0.3 is 6.18 Å². The number of halogens is 3. The Kier molecular flexibility index (Phi) is 5.36. The number of nitrogens with zero attached hydrogens (tertiary/aromatic N) is 7. The van der Waals surface area contributed by atoms with E-state index in [2.05, 4.69) is 30.0 Å². The third kappa shape index (κ3) is 3.85. The molecule has 0 amide bonds. The second kappa shape index (κ2) is 8.19. The molecule has 2 unspecified atom stereocenters. The van der Waals surface area contributed by atoms with Gasteiger partial charge in [-0.2, -0.15) is 13.2 Å². The van der Waals surface area contributed by atoms with E-state index < -0.39 is 11.7 Å². The van der Waals surface area contributed by atoms with E-state index in [0.29, 0.717) is 18.0 Å². The molecule has 0 saturated carbocycles. The summed E-state index contributed by atoms with van der Waals surface area (Å²) in [6.45, 7) is 2.31. The lowest BCUT2D eigenvalue weighted by molar-refractivity contribution is -0.137. The molecule has 2 aliphatic heterocycles. The molecule has 8 nitrogen and oxygen atoms in total. The highest BCUT2D eigenvalue weighted by Gasteiger charge is 2.33. The van der Waals surface area contributed by atoms with Gasteiger partial charge in [0, 0.05) is 37.8 Å². The summed E-state index contributed by atoms with van der Waals surface area (Å²) in [5.74, 6) is 2.02. The molecular weight excluding hydrogens is 423 g/mol. The molecule has 0 spiro atoms. The van der Waals surface area contributed by atoms with Crippen molar-refractivity contribution in [1.29, 1.82) is 0 Å². The topological polar surface area (TPSA) is 82.7 Å². The van der Waals surface area contributed by atoms with Crippen LogP contribution in [0.15, 0.2) is 30.7 Å². The Bertz CT molecular complexity index is 1100. The molecule has 0 bridgehead atoms. The van der Waals surface area contributed by atoms with E-state index in [-0.39, 0.29) is 18.6 Å². The van der Waals surface area contributed by atoms with E-state index in [0.717, 1.165) is 62.7 Å². The fourth-order valence-corrected chi connectivity index (χ4v) is 4.74. The van der Waals surface area contributed by atoms with Crippen molar-refractivity contribution in [2.24, 2.45) is 0 Å². The highest BCUT2D eigenvalue weighted by molar-refractivity contribution is 5.52. The standard InChI is InChI=1S/C21H24F3N7O/c22-21(23,24)15-5-6-17-27-28-20(31(17)11-15)14-3-1-7-29(10-14)18-9-19(26-13-25-18)30-8-2-4-16(30)12-32/h5-6,9,11,13-14,16,32H,1-4,7-8,10,12H2. The summed E-state index contributed by atoms with van der Waals surface area (Å²) in [7, 11) is 0. The summed E-state index contributed by atoms with van der Waals surface area (Å²) in [6.07, 6.45) is 1.80. The number of aromatic nitrogens is 5. The van der Waals surface area contributed by atoms with Crippen LogP contribution in [-0.2, 0) is 6.18 Å². The van der Waals surface area contributed by atoms with E-state index in [1.807, 2.05) is 6.07 Å². The third-order valence-corrected chi connectivity index (χ3v) is 6.39. The normalized spacial score (nSPS) is 22.1. The van der Waals surface area contributed by atoms with Crippen LogP contribution in [0.2, 0.25) is 0 Å². The van der Waals surface area contributed by atoms with Crippen molar-refractivity contribution in [3.8, 4) is 0 Å². The Balaban J connectivity index is 1.40. The molecule has 3 aromatic heterocycles. The van der Waals surface area contributed by atoms with Gasteiger partial charge in [-0.05, 0) is 37.8 Å². The van der Waals surface area contributed by atoms with Crippen LogP contribution in [0.3, 0.4) is 0 Å². The summed E-state index contributed by atoms with van der Waals surface area (Å²) in [5, 5.41) is 17.9. The number of aliphatic hydroxyl groups is 1. The van der Waals surface area contributed by atoms with Crippen LogP contribution in [0.5, 0.6) is 0 Å². The maximum absolute atomic E-state index is 13.2. The third-order valence-electron chi connectivity index (χ3n) is 6.39. The van der Waals surface area contributed by atoms with Gasteiger partial charge in [-0.3, -0.25) is 4.40 Å². The van der Waals surface area contributed by atoms with Crippen LogP contribution in [0, 0.1) is 0 Å². The Morgan fingerprint density at radius 3 is 2.66 bits per heavy atom. The predicted molar refractivity (Wildman–Crippen MR) is 112 cm³/mol. The molecule has 0 aromatic carbocycles. The van der Waals surface area contributed by atoms with Gasteiger partial charge in [0.15, 0.2) is 5.65 Å². The van der Waals surface area contributed by atoms with E-state index in [4.69, 9.17) is 0 Å². The minimum Gasteiger partial charge on any atom is -0.394 e. The first-order chi connectivity index (χ1) is 15.4. The second-order valence-corrected chi connectivity index (χ2v) is 8.39. The summed E-state index contributed by atoms with van der Waals surface area (Å²) in [5.41, 5.74) is -0.318. The number of hydrogen-bond acceptors (Lipinski definition) is 7. The fraction of sp³-hybridized carbons (Fsp3) is 0.524. The van der Waals surface area contributed by atoms with E-state index in [9.17, 15) is 18.3 Å². The number of pyridine rings is 1. The maximum Gasteiger partial charge on any atom is 0.417 e. The summed E-state index contributed by atoms with van der Waals surface area (Å²) in [4.78, 5) is 13.1. The minimum atomic E-state index is -4.42. The molecule has 32 heavy (non-hydrogen) atoms. The van der Waals surface area contributed by atoms with Crippen LogP contribution in [0.25, 0.3) is 5.65 Å². The molecule has 0 radical (unpaired) electrons. The van der Waals surface area contributed by atoms with E-state index in [1.165, 1.54) is 16.8 Å². The first-order valence-corrected chi connectivity index (χ1v) is 10.8. The van der Waals surface area contributed by atoms with E-state index >= 15 is 0 Å². The van der Waals surface area contributed by atoms with Gasteiger partial charge in [-0.15, -0.1) is 10.2 Å². The Morgan fingerprint density at radius 2 is 1.84 bits per heavy atom. The summed E-state index contributed by atoms with van der Waals surface area (Å²) < 4.78 is 41.1. The number of hydrogen-bond donors (Lipinski definition) is 1. The van der Waals surface area contributed by atoms with E-state index in [1.54, 1.807) is 0 Å². The predicted octanol–water partition coefficient (Wildman–Crippen LogP) is 2.88. The van der Waals surface area contributed by atoms with Crippen LogP contribution in [-0.4, -0.2) is 62.0 Å². The average molecular weight is 447 g/mol. The number of aliphatic hydroxyl groups excluding tert-OH is 1. The van der Waals surface area contributed by atoms with Crippen molar-refractivity contribution < 1.29 is 18.3 Å². The zero-order chi connectivity index (χ0) is 22.3. The van der Waals surface area contributed by atoms with Gasteiger partial charge in [-0.25, -0.2) is 9.97 Å². The molecule has 5 rings (SSSR count). The monoisotopic (exact) mass is 447 g/mol. The number of piperidine rings is 1. The van der Waals surface area contributed by atoms with Gasteiger partial charge < -0.3 is 14.9 Å². The quantitative estimate of drug-likeness (QED) is 0.659. The van der Waals surface area contributed by atoms with Crippen molar-refractivity contribution in [3.63, 3.8) is 0 Å². The van der Waals surface area contributed by atoms with Crippen LogP contribution in [0.1, 0.15) is 43.0 Å². The lowest BCUT2D eigenvalue weighted by atomic mass is 9.97. The van der Waals surface area contributed by atoms with Gasteiger partial charge in [0.1, 0.15) is 23.8 Å². The first-order valence-electron chi connectivity index (χ1n) is 10.8. The summed E-state index contributed by atoms with van der Waals surface area (Å²) in [6, 6.07) is 4.38. The number of fused-ring (bicyclic) bond motifs is 1. The van der Waals surface area contributed by atoms with Gasteiger partial charge in [0.05, 0.1) is 18.2 Å². The average Bonchev–Trinajstić information content (AvgIpc) is 3.45. The Labute approximate surface area is 182 Å². The smallest absolute Gasteiger partial charge is 0.394 e. The van der Waals surface area contributed by atoms with Gasteiger partial charge in [-0.1, -0.05) is 0 Å². The Hall–Kier alpha value is -2.95.